The number of amides is 1. The maximum absolute atomic E-state index is 12.8. The lowest BCUT2D eigenvalue weighted by Crippen LogP contribution is -2.56. The molecule has 1 amide bonds. The second-order valence-electron chi connectivity index (χ2n) is 8.62. The molecule has 2 N–H and O–H groups in total. The van der Waals surface area contributed by atoms with Gasteiger partial charge in [-0.05, 0) is 32.1 Å². The topological polar surface area (TPSA) is 62.8 Å². The lowest BCUT2D eigenvalue weighted by atomic mass is 9.84. The third-order valence-electron chi connectivity index (χ3n) is 6.50. The van der Waals surface area contributed by atoms with E-state index in [0.29, 0.717) is 30.4 Å². The summed E-state index contributed by atoms with van der Waals surface area (Å²) in [4.78, 5) is 15.3. The van der Waals surface area contributed by atoms with Crippen molar-refractivity contribution < 1.29 is 14.3 Å². The summed E-state index contributed by atoms with van der Waals surface area (Å²) >= 11 is 1.64. The van der Waals surface area contributed by atoms with Crippen LogP contribution in [0.2, 0.25) is 0 Å². The van der Waals surface area contributed by atoms with E-state index in [2.05, 4.69) is 28.4 Å². The maximum Gasteiger partial charge on any atom is 0.230 e. The van der Waals surface area contributed by atoms with Crippen molar-refractivity contribution in [3.8, 4) is 12.3 Å². The summed E-state index contributed by atoms with van der Waals surface area (Å²) in [6.45, 7) is 6.40. The number of piperidine rings is 1. The van der Waals surface area contributed by atoms with E-state index >= 15 is 0 Å². The van der Waals surface area contributed by atoms with E-state index in [1.165, 1.54) is 12.8 Å². The maximum atomic E-state index is 12.8. The molecule has 1 aliphatic carbocycles. The Bertz CT molecular complexity index is 564. The molecule has 1 saturated carbocycles. The van der Waals surface area contributed by atoms with Gasteiger partial charge in [-0.15, -0.1) is 24.1 Å². The van der Waals surface area contributed by atoms with Crippen molar-refractivity contribution in [1.82, 2.24) is 15.5 Å². The van der Waals surface area contributed by atoms with Crippen LogP contribution < -0.4 is 10.6 Å². The molecule has 0 radical (unpaired) electrons. The zero-order valence-corrected chi connectivity index (χ0v) is 18.7. The Balaban J connectivity index is 1.51. The molecule has 2 saturated heterocycles. The number of terminal acetylenes is 1. The van der Waals surface area contributed by atoms with Crippen LogP contribution in [0.15, 0.2) is 0 Å². The number of morpholine rings is 1. The summed E-state index contributed by atoms with van der Waals surface area (Å²) in [6, 6.07) is 1.07. The molecule has 0 bridgehead atoms. The van der Waals surface area contributed by atoms with Crippen molar-refractivity contribution in [2.45, 2.75) is 62.5 Å². The zero-order chi connectivity index (χ0) is 20.6. The third kappa shape index (κ3) is 6.35. The molecule has 6 atom stereocenters. The van der Waals surface area contributed by atoms with Crippen LogP contribution in [0.1, 0.15) is 39.0 Å². The molecule has 3 aliphatic rings. The largest absolute Gasteiger partial charge is 0.384 e. The highest BCUT2D eigenvalue weighted by atomic mass is 32.2. The van der Waals surface area contributed by atoms with Gasteiger partial charge in [0.2, 0.25) is 5.91 Å². The van der Waals surface area contributed by atoms with Crippen LogP contribution in [0.3, 0.4) is 0 Å². The van der Waals surface area contributed by atoms with Gasteiger partial charge in [-0.25, -0.2) is 0 Å². The number of ether oxygens (including phenoxy) is 2. The second-order valence-corrected chi connectivity index (χ2v) is 9.75. The quantitative estimate of drug-likeness (QED) is 0.608. The fraction of sp³-hybridized carbons (Fsp3) is 0.864. The van der Waals surface area contributed by atoms with E-state index in [0.717, 1.165) is 45.6 Å². The fourth-order valence-electron chi connectivity index (χ4n) is 5.10. The predicted octanol–water partition coefficient (Wildman–Crippen LogP) is 1.70. The van der Waals surface area contributed by atoms with Crippen molar-refractivity contribution in [2.75, 3.05) is 45.8 Å². The van der Waals surface area contributed by atoms with Crippen LogP contribution in [-0.2, 0) is 14.3 Å². The highest BCUT2D eigenvalue weighted by Crippen LogP contribution is 2.32. The highest BCUT2D eigenvalue weighted by molar-refractivity contribution is 8.00. The fourth-order valence-corrected chi connectivity index (χ4v) is 6.35. The number of nitrogens with one attached hydrogen (secondary N) is 2. The van der Waals surface area contributed by atoms with E-state index < -0.39 is 0 Å². The number of carbonyl (C=O) groups excluding carboxylic acids is 1. The van der Waals surface area contributed by atoms with Crippen molar-refractivity contribution in [3.05, 3.63) is 0 Å². The summed E-state index contributed by atoms with van der Waals surface area (Å²) in [5, 5.41) is 7.02. The van der Waals surface area contributed by atoms with E-state index in [9.17, 15) is 4.79 Å². The number of nitrogens with zero attached hydrogens (tertiary/aromatic N) is 1. The van der Waals surface area contributed by atoms with Gasteiger partial charge in [0, 0.05) is 44.2 Å². The molecule has 0 aromatic rings. The minimum Gasteiger partial charge on any atom is -0.384 e. The number of carbonyl (C=O) groups is 1. The average molecular weight is 424 g/mol. The van der Waals surface area contributed by atoms with Crippen LogP contribution in [0.5, 0.6) is 0 Å². The van der Waals surface area contributed by atoms with Crippen LogP contribution >= 0.6 is 11.8 Å². The zero-order valence-electron chi connectivity index (χ0n) is 17.9. The Morgan fingerprint density at radius 1 is 1.34 bits per heavy atom. The first kappa shape index (κ1) is 22.9. The molecule has 6 nitrogen and oxygen atoms in total. The summed E-state index contributed by atoms with van der Waals surface area (Å²) in [7, 11) is 1.73. The van der Waals surface area contributed by atoms with Crippen LogP contribution in [-0.4, -0.2) is 80.1 Å². The van der Waals surface area contributed by atoms with Gasteiger partial charge in [-0.3, -0.25) is 9.69 Å². The van der Waals surface area contributed by atoms with Gasteiger partial charge >= 0.3 is 0 Å². The minimum atomic E-state index is 0.0831. The molecule has 0 spiro atoms. The number of thioether (sulfide) groups is 1. The molecule has 0 aromatic carbocycles. The molecule has 164 valence electrons. The Morgan fingerprint density at radius 3 is 2.83 bits per heavy atom. The van der Waals surface area contributed by atoms with Gasteiger partial charge in [-0.1, -0.05) is 12.8 Å². The second kappa shape index (κ2) is 11.6. The monoisotopic (exact) mass is 423 g/mol. The summed E-state index contributed by atoms with van der Waals surface area (Å²) < 4.78 is 10.9. The average Bonchev–Trinajstić information content (AvgIpc) is 2.73. The molecule has 3 rings (SSSR count). The summed E-state index contributed by atoms with van der Waals surface area (Å²) in [5.74, 6) is 3.94. The van der Waals surface area contributed by atoms with Crippen LogP contribution in [0.4, 0.5) is 0 Å². The molecular weight excluding hydrogens is 386 g/mol. The molecule has 2 aliphatic heterocycles. The van der Waals surface area contributed by atoms with Crippen molar-refractivity contribution >= 4 is 17.7 Å². The molecular formula is C22H37N3O3S. The van der Waals surface area contributed by atoms with Crippen molar-refractivity contribution in [3.63, 3.8) is 0 Å². The third-order valence-corrected chi connectivity index (χ3v) is 7.71. The number of hydrogen-bond donors (Lipinski definition) is 2. The van der Waals surface area contributed by atoms with Gasteiger partial charge in [0.05, 0.1) is 30.9 Å². The summed E-state index contributed by atoms with van der Waals surface area (Å²) in [6.07, 6.45) is 11.5. The molecule has 6 unspecified atom stereocenters. The molecule has 29 heavy (non-hydrogen) atoms. The first-order valence-electron chi connectivity index (χ1n) is 11.1. The molecule has 0 aromatic heterocycles. The minimum absolute atomic E-state index is 0.0831. The van der Waals surface area contributed by atoms with E-state index in [1.807, 2.05) is 0 Å². The van der Waals surface area contributed by atoms with Crippen LogP contribution in [0, 0.1) is 24.2 Å². The number of rotatable bonds is 7. The highest BCUT2D eigenvalue weighted by Gasteiger charge is 2.36. The van der Waals surface area contributed by atoms with E-state index in [4.69, 9.17) is 15.9 Å². The Hall–Kier alpha value is -0.780. The van der Waals surface area contributed by atoms with Gasteiger partial charge < -0.3 is 20.1 Å². The molecule has 2 heterocycles. The lowest BCUT2D eigenvalue weighted by molar-refractivity contribution is -0.120. The molecule has 3 fully saturated rings. The normalized spacial score (nSPS) is 36.3. The SMILES string of the molecule is C#CC1C(COC)CC(C)NC1SCC(=O)NC1CCCCC1N1CCOCC1. The van der Waals surface area contributed by atoms with Crippen molar-refractivity contribution in [1.29, 1.82) is 0 Å². The number of methoxy groups -OCH3 is 1. The van der Waals surface area contributed by atoms with Gasteiger partial charge in [-0.2, -0.15) is 0 Å². The number of hydrogen-bond acceptors (Lipinski definition) is 6. The van der Waals surface area contributed by atoms with Gasteiger partial charge in [0.1, 0.15) is 0 Å². The smallest absolute Gasteiger partial charge is 0.230 e. The predicted molar refractivity (Wildman–Crippen MR) is 118 cm³/mol. The standard InChI is InChI=1S/C22H37N3O3S/c1-4-18-17(14-27-3)13-16(2)23-22(18)29-15-21(26)24-19-7-5-6-8-20(19)25-9-11-28-12-10-25/h1,16-20,22-23H,5-15H2,2-3H3,(H,24,26). The Labute approximate surface area is 180 Å². The Morgan fingerprint density at radius 2 is 2.10 bits per heavy atom. The first-order valence-corrected chi connectivity index (χ1v) is 12.1. The molecule has 7 heteroatoms. The van der Waals surface area contributed by atoms with Gasteiger partial charge in [0.15, 0.2) is 0 Å². The van der Waals surface area contributed by atoms with Crippen LogP contribution in [0.25, 0.3) is 0 Å². The summed E-state index contributed by atoms with van der Waals surface area (Å²) in [5.41, 5.74) is 0. The Kier molecular flexibility index (Phi) is 9.13. The van der Waals surface area contributed by atoms with E-state index in [1.54, 1.807) is 18.9 Å². The van der Waals surface area contributed by atoms with Gasteiger partial charge in [0.25, 0.3) is 0 Å². The van der Waals surface area contributed by atoms with E-state index in [-0.39, 0.29) is 23.2 Å². The van der Waals surface area contributed by atoms with Crippen molar-refractivity contribution in [2.24, 2.45) is 11.8 Å². The lowest BCUT2D eigenvalue weighted by Gasteiger charge is -2.42. The first-order chi connectivity index (χ1) is 14.1.